The van der Waals surface area contributed by atoms with Crippen molar-refractivity contribution >= 4 is 17.5 Å². The van der Waals surface area contributed by atoms with E-state index in [2.05, 4.69) is 58.8 Å². The lowest BCUT2D eigenvalue weighted by molar-refractivity contribution is -0.121. The third-order valence-electron chi connectivity index (χ3n) is 5.36. The molecule has 0 spiro atoms. The Morgan fingerprint density at radius 2 is 1.82 bits per heavy atom. The van der Waals surface area contributed by atoms with Crippen molar-refractivity contribution in [1.29, 1.82) is 0 Å². The molecule has 0 unspecified atom stereocenters. The van der Waals surface area contributed by atoms with E-state index < -0.39 is 0 Å². The van der Waals surface area contributed by atoms with Crippen molar-refractivity contribution in [2.24, 2.45) is 5.92 Å². The number of benzene rings is 2. The van der Waals surface area contributed by atoms with Crippen molar-refractivity contribution in [3.63, 3.8) is 0 Å². The van der Waals surface area contributed by atoms with Gasteiger partial charge in [-0.25, -0.2) is 4.68 Å². The molecule has 3 aromatic rings. The van der Waals surface area contributed by atoms with Crippen molar-refractivity contribution in [3.8, 4) is 0 Å². The van der Waals surface area contributed by atoms with E-state index in [0.29, 0.717) is 11.9 Å². The summed E-state index contributed by atoms with van der Waals surface area (Å²) < 4.78 is 1.82. The molecule has 3 atom stereocenters. The molecular formula is C22H25N5O. The highest BCUT2D eigenvalue weighted by Gasteiger charge is 2.41. The van der Waals surface area contributed by atoms with Gasteiger partial charge in [0.1, 0.15) is 6.33 Å². The Morgan fingerprint density at radius 3 is 2.50 bits per heavy atom. The molecule has 0 aliphatic carbocycles. The first kappa shape index (κ1) is 18.2. The van der Waals surface area contributed by atoms with Gasteiger partial charge in [-0.1, -0.05) is 56.3 Å². The van der Waals surface area contributed by atoms with Crippen LogP contribution in [0.25, 0.3) is 0 Å². The van der Waals surface area contributed by atoms with E-state index in [1.54, 1.807) is 0 Å². The quantitative estimate of drug-likeness (QED) is 0.721. The predicted molar refractivity (Wildman–Crippen MR) is 110 cm³/mol. The number of nitrogens with zero attached hydrogens (tertiary/aromatic N) is 3. The number of rotatable bonds is 4. The SMILES string of the molecule is CC(C)c1ccc([C@H]2[C@H](C(=O)Nc3ccccc3)[C@H](C)Nc3ncnn32)cc1. The summed E-state index contributed by atoms with van der Waals surface area (Å²) in [7, 11) is 0. The van der Waals surface area contributed by atoms with Crippen molar-refractivity contribution in [2.45, 2.75) is 38.8 Å². The van der Waals surface area contributed by atoms with Crippen LogP contribution in [0, 0.1) is 5.92 Å². The average Bonchev–Trinajstić information content (AvgIpc) is 3.15. The van der Waals surface area contributed by atoms with Crippen LogP contribution in [0.2, 0.25) is 0 Å². The summed E-state index contributed by atoms with van der Waals surface area (Å²) in [5.74, 6) is 0.777. The summed E-state index contributed by atoms with van der Waals surface area (Å²) in [6.07, 6.45) is 1.53. The number of amides is 1. The van der Waals surface area contributed by atoms with E-state index in [4.69, 9.17) is 0 Å². The smallest absolute Gasteiger partial charge is 0.232 e. The Hall–Kier alpha value is -3.15. The first-order valence-electron chi connectivity index (χ1n) is 9.66. The fourth-order valence-electron chi connectivity index (χ4n) is 3.82. The fraction of sp³-hybridized carbons (Fsp3) is 0.318. The molecule has 2 heterocycles. The largest absolute Gasteiger partial charge is 0.351 e. The van der Waals surface area contributed by atoms with Crippen LogP contribution in [0.3, 0.4) is 0 Å². The van der Waals surface area contributed by atoms with E-state index in [1.807, 2.05) is 41.9 Å². The van der Waals surface area contributed by atoms with Gasteiger partial charge in [0.05, 0.1) is 12.0 Å². The van der Waals surface area contributed by atoms with Crippen LogP contribution in [-0.2, 0) is 4.79 Å². The maximum absolute atomic E-state index is 13.3. The highest BCUT2D eigenvalue weighted by Crippen LogP contribution is 2.36. The first-order chi connectivity index (χ1) is 13.5. The molecule has 0 saturated carbocycles. The lowest BCUT2D eigenvalue weighted by Gasteiger charge is -2.37. The number of hydrogen-bond acceptors (Lipinski definition) is 4. The molecule has 1 aromatic heterocycles. The van der Waals surface area contributed by atoms with Crippen LogP contribution >= 0.6 is 0 Å². The van der Waals surface area contributed by atoms with Crippen molar-refractivity contribution in [2.75, 3.05) is 10.6 Å². The van der Waals surface area contributed by atoms with Crippen LogP contribution in [0.15, 0.2) is 60.9 Å². The lowest BCUT2D eigenvalue weighted by Crippen LogP contribution is -2.46. The number of aromatic nitrogens is 3. The van der Waals surface area contributed by atoms with Gasteiger partial charge in [0.15, 0.2) is 0 Å². The van der Waals surface area contributed by atoms with Gasteiger partial charge >= 0.3 is 0 Å². The molecule has 28 heavy (non-hydrogen) atoms. The van der Waals surface area contributed by atoms with Crippen LogP contribution in [0.1, 0.15) is 43.9 Å². The normalized spacial score (nSPS) is 21.1. The lowest BCUT2D eigenvalue weighted by atomic mass is 9.84. The van der Waals surface area contributed by atoms with Crippen LogP contribution < -0.4 is 10.6 Å². The maximum Gasteiger partial charge on any atom is 0.232 e. The van der Waals surface area contributed by atoms with Crippen molar-refractivity contribution < 1.29 is 4.79 Å². The molecule has 0 fully saturated rings. The molecule has 1 aliphatic rings. The average molecular weight is 375 g/mol. The molecule has 4 rings (SSSR count). The zero-order valence-electron chi connectivity index (χ0n) is 16.3. The molecule has 1 aliphatic heterocycles. The van der Waals surface area contributed by atoms with E-state index in [-0.39, 0.29) is 23.9 Å². The summed E-state index contributed by atoms with van der Waals surface area (Å²) in [5.41, 5.74) is 3.12. The minimum atomic E-state index is -0.334. The summed E-state index contributed by atoms with van der Waals surface area (Å²) in [6, 6.07) is 17.7. The summed E-state index contributed by atoms with van der Waals surface area (Å²) >= 11 is 0. The van der Waals surface area contributed by atoms with Crippen LogP contribution in [0.4, 0.5) is 11.6 Å². The van der Waals surface area contributed by atoms with E-state index in [1.165, 1.54) is 11.9 Å². The standard InChI is InChI=1S/C22H25N5O/c1-14(2)16-9-11-17(12-10-16)20-19(15(3)25-22-23-13-24-27(20)22)21(28)26-18-7-5-4-6-8-18/h4-15,19-20H,1-3H3,(H,26,28)(H,23,24,25)/t15-,19+,20-/m0/s1. The van der Waals surface area contributed by atoms with E-state index >= 15 is 0 Å². The number of anilines is 2. The highest BCUT2D eigenvalue weighted by atomic mass is 16.2. The predicted octanol–water partition coefficient (Wildman–Crippen LogP) is 4.06. The van der Waals surface area contributed by atoms with Gasteiger partial charge in [0.2, 0.25) is 11.9 Å². The minimum Gasteiger partial charge on any atom is -0.351 e. The van der Waals surface area contributed by atoms with Gasteiger partial charge in [-0.15, -0.1) is 0 Å². The highest BCUT2D eigenvalue weighted by molar-refractivity contribution is 5.94. The summed E-state index contributed by atoms with van der Waals surface area (Å²) in [5, 5.41) is 10.8. The second-order valence-electron chi connectivity index (χ2n) is 7.61. The zero-order chi connectivity index (χ0) is 19.7. The van der Waals surface area contributed by atoms with Crippen LogP contribution in [0.5, 0.6) is 0 Å². The van der Waals surface area contributed by atoms with Gasteiger partial charge in [-0.05, 0) is 36.1 Å². The van der Waals surface area contributed by atoms with Gasteiger partial charge in [-0.2, -0.15) is 10.1 Å². The molecular weight excluding hydrogens is 350 g/mol. The molecule has 0 radical (unpaired) electrons. The topological polar surface area (TPSA) is 71.8 Å². The molecule has 144 valence electrons. The number of para-hydroxylation sites is 1. The van der Waals surface area contributed by atoms with Crippen molar-refractivity contribution in [3.05, 3.63) is 72.1 Å². The second-order valence-corrected chi connectivity index (χ2v) is 7.61. The van der Waals surface area contributed by atoms with E-state index in [9.17, 15) is 4.79 Å². The van der Waals surface area contributed by atoms with Gasteiger partial charge in [0, 0.05) is 11.7 Å². The van der Waals surface area contributed by atoms with E-state index in [0.717, 1.165) is 11.3 Å². The second kappa shape index (κ2) is 7.46. The Balaban J connectivity index is 1.71. The third-order valence-corrected chi connectivity index (χ3v) is 5.36. The number of carbonyl (C=O) groups is 1. The molecule has 0 bridgehead atoms. The number of fused-ring (bicyclic) bond motifs is 1. The monoisotopic (exact) mass is 375 g/mol. The van der Waals surface area contributed by atoms with Gasteiger partial charge in [-0.3, -0.25) is 4.79 Å². The summed E-state index contributed by atoms with van der Waals surface area (Å²) in [4.78, 5) is 17.6. The molecule has 1 amide bonds. The zero-order valence-corrected chi connectivity index (χ0v) is 16.3. The van der Waals surface area contributed by atoms with Crippen LogP contribution in [-0.4, -0.2) is 26.7 Å². The van der Waals surface area contributed by atoms with Gasteiger partial charge in [0.25, 0.3) is 0 Å². The molecule has 0 saturated heterocycles. The number of nitrogens with one attached hydrogen (secondary N) is 2. The number of hydrogen-bond donors (Lipinski definition) is 2. The molecule has 2 aromatic carbocycles. The molecule has 2 N–H and O–H groups in total. The molecule has 6 heteroatoms. The minimum absolute atomic E-state index is 0.0368. The third kappa shape index (κ3) is 3.38. The fourth-order valence-corrected chi connectivity index (χ4v) is 3.82. The summed E-state index contributed by atoms with van der Waals surface area (Å²) in [6.45, 7) is 6.36. The first-order valence-corrected chi connectivity index (χ1v) is 9.66. The Kier molecular flexibility index (Phi) is 4.86. The molecule has 6 nitrogen and oxygen atoms in total. The van der Waals surface area contributed by atoms with Gasteiger partial charge < -0.3 is 10.6 Å². The maximum atomic E-state index is 13.3. The number of carbonyl (C=O) groups excluding carboxylic acids is 1. The Bertz CT molecular complexity index is 949. The van der Waals surface area contributed by atoms with Crippen molar-refractivity contribution in [1.82, 2.24) is 14.8 Å². The Labute approximate surface area is 165 Å². The Morgan fingerprint density at radius 1 is 1.11 bits per heavy atom.